The topological polar surface area (TPSA) is 29.9 Å². The van der Waals surface area contributed by atoms with Crippen molar-refractivity contribution < 1.29 is 0 Å². The molecule has 0 fully saturated rings. The van der Waals surface area contributed by atoms with Gasteiger partial charge in [0.25, 0.3) is 0 Å². The van der Waals surface area contributed by atoms with E-state index < -0.39 is 0 Å². The highest BCUT2D eigenvalue weighted by Crippen LogP contribution is 2.27. The zero-order valence-electron chi connectivity index (χ0n) is 15.2. The summed E-state index contributed by atoms with van der Waals surface area (Å²) in [4.78, 5) is 0. The van der Waals surface area contributed by atoms with Crippen molar-refractivity contribution in [3.8, 4) is 0 Å². The summed E-state index contributed by atoms with van der Waals surface area (Å²) in [5, 5.41) is 8.17. The van der Waals surface area contributed by atoms with E-state index in [1.165, 1.54) is 24.2 Å². The van der Waals surface area contributed by atoms with Gasteiger partial charge in [-0.3, -0.25) is 4.68 Å². The van der Waals surface area contributed by atoms with E-state index in [1.54, 1.807) is 0 Å². The molecule has 21 heavy (non-hydrogen) atoms. The van der Waals surface area contributed by atoms with Crippen LogP contribution in [0.4, 0.5) is 0 Å². The summed E-state index contributed by atoms with van der Waals surface area (Å²) in [5.41, 5.74) is 3.00. The molecule has 0 aromatic carbocycles. The number of nitrogens with one attached hydrogen (secondary N) is 1. The first-order valence-electron chi connectivity index (χ1n) is 8.51. The summed E-state index contributed by atoms with van der Waals surface area (Å²) in [6, 6.07) is 2.82. The smallest absolute Gasteiger partial charge is 0.0624 e. The van der Waals surface area contributed by atoms with Gasteiger partial charge in [-0.25, -0.2) is 0 Å². The highest BCUT2D eigenvalue weighted by atomic mass is 15.3. The second-order valence-electron chi connectivity index (χ2n) is 7.59. The molecule has 1 N–H and O–H groups in total. The average Bonchev–Trinajstić information content (AvgIpc) is 2.77. The lowest BCUT2D eigenvalue weighted by molar-refractivity contribution is 0.276. The molecule has 1 aromatic heterocycles. The van der Waals surface area contributed by atoms with Crippen LogP contribution in [0.1, 0.15) is 65.8 Å². The van der Waals surface area contributed by atoms with E-state index in [1.807, 2.05) is 0 Å². The molecule has 1 rings (SSSR count). The summed E-state index contributed by atoms with van der Waals surface area (Å²) in [6.45, 7) is 14.7. The van der Waals surface area contributed by atoms with Crippen molar-refractivity contribution in [2.24, 2.45) is 11.3 Å². The van der Waals surface area contributed by atoms with Gasteiger partial charge >= 0.3 is 0 Å². The fourth-order valence-corrected chi connectivity index (χ4v) is 3.30. The SMILES string of the molecule is CCc1cc(CC(CC(C)CC(C)(C)C)NC)n(CC)n1. The van der Waals surface area contributed by atoms with Gasteiger partial charge in [0.15, 0.2) is 0 Å². The Hall–Kier alpha value is -0.830. The number of rotatable bonds is 8. The highest BCUT2D eigenvalue weighted by molar-refractivity contribution is 5.12. The largest absolute Gasteiger partial charge is 0.317 e. The van der Waals surface area contributed by atoms with Crippen molar-refractivity contribution in [3.63, 3.8) is 0 Å². The highest BCUT2D eigenvalue weighted by Gasteiger charge is 2.20. The monoisotopic (exact) mass is 293 g/mol. The molecule has 3 heteroatoms. The van der Waals surface area contributed by atoms with E-state index in [0.29, 0.717) is 11.5 Å². The van der Waals surface area contributed by atoms with Gasteiger partial charge in [-0.1, -0.05) is 34.6 Å². The standard InChI is InChI=1S/C18H35N3/c1-8-15-11-17(21(9-2)20-15)12-16(19-7)10-14(3)13-18(4,5)6/h11,14,16,19H,8-10,12-13H2,1-7H3. The van der Waals surface area contributed by atoms with E-state index >= 15 is 0 Å². The first-order valence-corrected chi connectivity index (χ1v) is 8.51. The maximum absolute atomic E-state index is 4.66. The summed E-state index contributed by atoms with van der Waals surface area (Å²) in [5.74, 6) is 0.742. The van der Waals surface area contributed by atoms with Gasteiger partial charge in [0, 0.05) is 24.7 Å². The van der Waals surface area contributed by atoms with Crippen molar-refractivity contribution in [3.05, 3.63) is 17.5 Å². The fraction of sp³-hybridized carbons (Fsp3) is 0.833. The maximum Gasteiger partial charge on any atom is 0.0624 e. The minimum atomic E-state index is 0.415. The van der Waals surface area contributed by atoms with Gasteiger partial charge in [0.2, 0.25) is 0 Å². The van der Waals surface area contributed by atoms with Crippen LogP contribution < -0.4 is 5.32 Å². The number of nitrogens with zero attached hydrogens (tertiary/aromatic N) is 2. The van der Waals surface area contributed by atoms with E-state index in [-0.39, 0.29) is 0 Å². The number of hydrogen-bond donors (Lipinski definition) is 1. The Balaban J connectivity index is 2.67. The Kier molecular flexibility index (Phi) is 6.92. The summed E-state index contributed by atoms with van der Waals surface area (Å²) in [7, 11) is 2.09. The van der Waals surface area contributed by atoms with E-state index in [9.17, 15) is 0 Å². The van der Waals surface area contributed by atoms with Gasteiger partial charge in [-0.05, 0) is 50.6 Å². The first-order chi connectivity index (χ1) is 9.78. The lowest BCUT2D eigenvalue weighted by atomic mass is 9.82. The zero-order chi connectivity index (χ0) is 16.0. The Morgan fingerprint density at radius 3 is 2.43 bits per heavy atom. The van der Waals surface area contributed by atoms with Gasteiger partial charge in [-0.15, -0.1) is 0 Å². The molecule has 0 saturated heterocycles. The van der Waals surface area contributed by atoms with E-state index in [4.69, 9.17) is 0 Å². The van der Waals surface area contributed by atoms with Crippen LogP contribution in [-0.2, 0) is 19.4 Å². The molecule has 0 aliphatic carbocycles. The minimum Gasteiger partial charge on any atom is -0.317 e. The number of aryl methyl sites for hydroxylation is 2. The van der Waals surface area contributed by atoms with Crippen LogP contribution in [0.25, 0.3) is 0 Å². The Labute approximate surface area is 131 Å². The Morgan fingerprint density at radius 1 is 1.29 bits per heavy atom. The van der Waals surface area contributed by atoms with Gasteiger partial charge < -0.3 is 5.32 Å². The number of likely N-dealkylation sites (N-methyl/N-ethyl adjacent to an activating group) is 1. The molecule has 0 aliphatic rings. The van der Waals surface area contributed by atoms with Crippen molar-refractivity contribution >= 4 is 0 Å². The number of aromatic nitrogens is 2. The van der Waals surface area contributed by atoms with Crippen LogP contribution in [0.15, 0.2) is 6.07 Å². The molecular formula is C18H35N3. The molecule has 2 unspecified atom stereocenters. The van der Waals surface area contributed by atoms with Crippen LogP contribution in [0.2, 0.25) is 0 Å². The van der Waals surface area contributed by atoms with Crippen LogP contribution in [0, 0.1) is 11.3 Å². The van der Waals surface area contributed by atoms with Gasteiger partial charge in [-0.2, -0.15) is 5.10 Å². The van der Waals surface area contributed by atoms with Crippen molar-refractivity contribution in [2.75, 3.05) is 7.05 Å². The first kappa shape index (κ1) is 18.2. The molecule has 0 radical (unpaired) electrons. The molecule has 2 atom stereocenters. The van der Waals surface area contributed by atoms with Gasteiger partial charge in [0.05, 0.1) is 5.69 Å². The van der Waals surface area contributed by atoms with Gasteiger partial charge in [0.1, 0.15) is 0 Å². The summed E-state index contributed by atoms with van der Waals surface area (Å²) in [6.07, 6.45) is 4.60. The molecule has 0 saturated carbocycles. The fourth-order valence-electron chi connectivity index (χ4n) is 3.30. The lowest BCUT2D eigenvalue weighted by Gasteiger charge is -2.26. The molecule has 0 bridgehead atoms. The van der Waals surface area contributed by atoms with Crippen molar-refractivity contribution in [1.82, 2.24) is 15.1 Å². The van der Waals surface area contributed by atoms with Crippen molar-refractivity contribution in [1.29, 1.82) is 0 Å². The predicted molar refractivity (Wildman–Crippen MR) is 91.7 cm³/mol. The third-order valence-corrected chi connectivity index (χ3v) is 4.09. The number of hydrogen-bond acceptors (Lipinski definition) is 2. The van der Waals surface area contributed by atoms with Crippen LogP contribution >= 0.6 is 0 Å². The van der Waals surface area contributed by atoms with E-state index in [0.717, 1.165) is 25.3 Å². The van der Waals surface area contributed by atoms with Crippen LogP contribution in [0.3, 0.4) is 0 Å². The molecular weight excluding hydrogens is 258 g/mol. The molecule has 0 aliphatic heterocycles. The predicted octanol–water partition coefficient (Wildman–Crippen LogP) is 4.06. The average molecular weight is 293 g/mol. The zero-order valence-corrected chi connectivity index (χ0v) is 15.2. The molecule has 1 aromatic rings. The molecule has 122 valence electrons. The molecule has 1 heterocycles. The normalized spacial score (nSPS) is 15.2. The van der Waals surface area contributed by atoms with Crippen LogP contribution in [-0.4, -0.2) is 22.9 Å². The summed E-state index contributed by atoms with van der Waals surface area (Å²) >= 11 is 0. The molecule has 0 amide bonds. The minimum absolute atomic E-state index is 0.415. The maximum atomic E-state index is 4.66. The molecule has 0 spiro atoms. The van der Waals surface area contributed by atoms with Crippen LogP contribution in [0.5, 0.6) is 0 Å². The molecule has 3 nitrogen and oxygen atoms in total. The second kappa shape index (κ2) is 7.98. The Bertz CT molecular complexity index is 415. The lowest BCUT2D eigenvalue weighted by Crippen LogP contribution is -2.31. The third kappa shape index (κ3) is 6.21. The Morgan fingerprint density at radius 2 is 1.95 bits per heavy atom. The second-order valence-corrected chi connectivity index (χ2v) is 7.59. The quantitative estimate of drug-likeness (QED) is 0.783. The third-order valence-electron chi connectivity index (χ3n) is 4.09. The van der Waals surface area contributed by atoms with E-state index in [2.05, 4.69) is 69.8 Å². The van der Waals surface area contributed by atoms with Crippen molar-refractivity contribution in [2.45, 2.75) is 79.8 Å². The summed E-state index contributed by atoms with van der Waals surface area (Å²) < 4.78 is 2.16.